The fourth-order valence-corrected chi connectivity index (χ4v) is 2.56. The molecule has 0 spiro atoms. The van der Waals surface area contributed by atoms with Gasteiger partial charge in [-0.2, -0.15) is 0 Å². The van der Waals surface area contributed by atoms with Crippen molar-refractivity contribution in [3.63, 3.8) is 0 Å². The van der Waals surface area contributed by atoms with Gasteiger partial charge in [-0.25, -0.2) is 0 Å². The van der Waals surface area contributed by atoms with Gasteiger partial charge >= 0.3 is 0 Å². The van der Waals surface area contributed by atoms with Crippen molar-refractivity contribution in [2.75, 3.05) is 26.2 Å². The molecule has 1 amide bonds. The molecule has 0 atom stereocenters. The van der Waals surface area contributed by atoms with Crippen LogP contribution in [0.3, 0.4) is 0 Å². The molecule has 2 aromatic rings. The van der Waals surface area contributed by atoms with Crippen molar-refractivity contribution in [3.8, 4) is 0 Å². The van der Waals surface area contributed by atoms with Crippen molar-refractivity contribution in [3.05, 3.63) is 71.8 Å². The van der Waals surface area contributed by atoms with Crippen molar-refractivity contribution in [1.29, 1.82) is 0 Å². The van der Waals surface area contributed by atoms with Crippen LogP contribution in [0.2, 0.25) is 0 Å². The summed E-state index contributed by atoms with van der Waals surface area (Å²) in [6.07, 6.45) is 1.99. The van der Waals surface area contributed by atoms with E-state index in [1.807, 2.05) is 41.3 Å². The molecule has 0 aliphatic heterocycles. The largest absolute Gasteiger partial charge is 0.337 e. The molecule has 1 N–H and O–H groups in total. The highest BCUT2D eigenvalue weighted by Crippen LogP contribution is 2.05. The average Bonchev–Trinajstić information content (AvgIpc) is 2.61. The van der Waals surface area contributed by atoms with Crippen molar-refractivity contribution in [1.82, 2.24) is 10.2 Å². The molecule has 0 fully saturated rings. The Labute approximate surface area is 139 Å². The summed E-state index contributed by atoms with van der Waals surface area (Å²) in [6.45, 7) is 5.41. The summed E-state index contributed by atoms with van der Waals surface area (Å²) in [5.74, 6) is 0.123. The minimum Gasteiger partial charge on any atom is -0.337 e. The van der Waals surface area contributed by atoms with Crippen LogP contribution in [0.1, 0.15) is 29.3 Å². The van der Waals surface area contributed by atoms with E-state index in [-0.39, 0.29) is 5.91 Å². The van der Waals surface area contributed by atoms with Crippen LogP contribution in [-0.4, -0.2) is 37.0 Å². The number of benzene rings is 2. The van der Waals surface area contributed by atoms with E-state index in [1.165, 1.54) is 5.56 Å². The van der Waals surface area contributed by atoms with E-state index in [4.69, 9.17) is 0 Å². The number of hydrogen-bond acceptors (Lipinski definition) is 2. The molecular weight excluding hydrogens is 284 g/mol. The third-order valence-corrected chi connectivity index (χ3v) is 3.79. The molecule has 23 heavy (non-hydrogen) atoms. The number of nitrogens with one attached hydrogen (secondary N) is 1. The summed E-state index contributed by atoms with van der Waals surface area (Å²) < 4.78 is 0. The highest BCUT2D eigenvalue weighted by Gasteiger charge is 2.13. The number of carbonyl (C=O) groups excluding carboxylic acids is 1. The summed E-state index contributed by atoms with van der Waals surface area (Å²) >= 11 is 0. The quantitative estimate of drug-likeness (QED) is 0.720. The Hall–Kier alpha value is -2.13. The number of rotatable bonds is 9. The van der Waals surface area contributed by atoms with E-state index >= 15 is 0 Å². The van der Waals surface area contributed by atoms with Crippen molar-refractivity contribution in [2.24, 2.45) is 0 Å². The number of hydrogen-bond donors (Lipinski definition) is 1. The first kappa shape index (κ1) is 17.2. The molecule has 3 heteroatoms. The standard InChI is InChI=1S/C20H26N2O/c1-2-16-22(20(23)19-11-7-4-8-12-19)17-15-21-14-13-18-9-5-3-6-10-18/h3-12,21H,2,13-17H2,1H3. The molecule has 2 rings (SSSR count). The maximum absolute atomic E-state index is 12.5. The minimum atomic E-state index is 0.123. The lowest BCUT2D eigenvalue weighted by molar-refractivity contribution is 0.0757. The molecular formula is C20H26N2O. The summed E-state index contributed by atoms with van der Waals surface area (Å²) in [5, 5.41) is 3.44. The molecule has 0 bridgehead atoms. The van der Waals surface area contributed by atoms with Crippen LogP contribution in [0.5, 0.6) is 0 Å². The Kier molecular flexibility index (Phi) is 7.34. The second-order valence-corrected chi connectivity index (χ2v) is 5.64. The second kappa shape index (κ2) is 9.80. The van der Waals surface area contributed by atoms with Crippen molar-refractivity contribution in [2.45, 2.75) is 19.8 Å². The molecule has 2 aromatic carbocycles. The fraction of sp³-hybridized carbons (Fsp3) is 0.350. The van der Waals surface area contributed by atoms with Gasteiger partial charge in [0.1, 0.15) is 0 Å². The van der Waals surface area contributed by atoms with Gasteiger partial charge in [0.15, 0.2) is 0 Å². The molecule has 0 saturated carbocycles. The van der Waals surface area contributed by atoms with Gasteiger partial charge in [0.25, 0.3) is 5.91 Å². The summed E-state index contributed by atoms with van der Waals surface area (Å²) in [6, 6.07) is 20.0. The molecule has 122 valence electrons. The van der Waals surface area contributed by atoms with Gasteiger partial charge in [-0.15, -0.1) is 0 Å². The molecule has 0 saturated heterocycles. The normalized spacial score (nSPS) is 10.5. The van der Waals surface area contributed by atoms with Crippen LogP contribution in [0.15, 0.2) is 60.7 Å². The van der Waals surface area contributed by atoms with Gasteiger partial charge in [-0.1, -0.05) is 55.5 Å². The smallest absolute Gasteiger partial charge is 0.253 e. The van der Waals surface area contributed by atoms with Gasteiger partial charge in [0.05, 0.1) is 0 Å². The van der Waals surface area contributed by atoms with E-state index < -0.39 is 0 Å². The topological polar surface area (TPSA) is 32.3 Å². The summed E-state index contributed by atoms with van der Waals surface area (Å²) in [5.41, 5.74) is 2.11. The van der Waals surface area contributed by atoms with E-state index in [9.17, 15) is 4.79 Å². The first-order valence-electron chi connectivity index (χ1n) is 8.40. The Bertz CT molecular complexity index is 569. The van der Waals surface area contributed by atoms with Gasteiger partial charge < -0.3 is 10.2 Å². The predicted octanol–water partition coefficient (Wildman–Crippen LogP) is 3.37. The van der Waals surface area contributed by atoms with Crippen molar-refractivity contribution < 1.29 is 4.79 Å². The highest BCUT2D eigenvalue weighted by molar-refractivity contribution is 5.94. The molecule has 0 unspecified atom stereocenters. The Morgan fingerprint density at radius 2 is 1.57 bits per heavy atom. The lowest BCUT2D eigenvalue weighted by Crippen LogP contribution is -2.37. The zero-order valence-corrected chi connectivity index (χ0v) is 13.9. The lowest BCUT2D eigenvalue weighted by Gasteiger charge is -2.22. The Morgan fingerprint density at radius 1 is 0.913 bits per heavy atom. The number of carbonyl (C=O) groups is 1. The molecule has 0 aliphatic rings. The van der Waals surface area contributed by atoms with Crippen LogP contribution in [-0.2, 0) is 6.42 Å². The SMILES string of the molecule is CCCN(CCNCCc1ccccc1)C(=O)c1ccccc1. The third kappa shape index (κ3) is 5.87. The maximum Gasteiger partial charge on any atom is 0.253 e. The summed E-state index contributed by atoms with van der Waals surface area (Å²) in [4.78, 5) is 14.5. The molecule has 0 radical (unpaired) electrons. The van der Waals surface area contributed by atoms with Crippen LogP contribution in [0.4, 0.5) is 0 Å². The Balaban J connectivity index is 1.75. The van der Waals surface area contributed by atoms with Crippen LogP contribution in [0, 0.1) is 0 Å². The van der Waals surface area contributed by atoms with E-state index in [0.717, 1.165) is 44.6 Å². The lowest BCUT2D eigenvalue weighted by atomic mass is 10.1. The van der Waals surface area contributed by atoms with E-state index in [1.54, 1.807) is 0 Å². The zero-order chi connectivity index (χ0) is 16.3. The first-order valence-corrected chi connectivity index (χ1v) is 8.40. The molecule has 0 aliphatic carbocycles. The fourth-order valence-electron chi connectivity index (χ4n) is 2.56. The van der Waals surface area contributed by atoms with Gasteiger partial charge in [0, 0.05) is 25.2 Å². The van der Waals surface area contributed by atoms with Gasteiger partial charge in [0.2, 0.25) is 0 Å². The minimum absolute atomic E-state index is 0.123. The molecule has 0 heterocycles. The highest BCUT2D eigenvalue weighted by atomic mass is 16.2. The monoisotopic (exact) mass is 310 g/mol. The first-order chi connectivity index (χ1) is 11.3. The van der Waals surface area contributed by atoms with Crippen LogP contribution >= 0.6 is 0 Å². The van der Waals surface area contributed by atoms with Gasteiger partial charge in [-0.05, 0) is 37.1 Å². The van der Waals surface area contributed by atoms with Crippen LogP contribution < -0.4 is 5.32 Å². The summed E-state index contributed by atoms with van der Waals surface area (Å²) in [7, 11) is 0. The van der Waals surface area contributed by atoms with Crippen molar-refractivity contribution >= 4 is 5.91 Å². The second-order valence-electron chi connectivity index (χ2n) is 5.64. The average molecular weight is 310 g/mol. The Morgan fingerprint density at radius 3 is 2.22 bits per heavy atom. The number of amides is 1. The predicted molar refractivity (Wildman–Crippen MR) is 95.7 cm³/mol. The molecule has 3 nitrogen and oxygen atoms in total. The zero-order valence-electron chi connectivity index (χ0n) is 13.9. The number of nitrogens with zero attached hydrogens (tertiary/aromatic N) is 1. The van der Waals surface area contributed by atoms with E-state index in [0.29, 0.717) is 0 Å². The maximum atomic E-state index is 12.5. The third-order valence-electron chi connectivity index (χ3n) is 3.79. The van der Waals surface area contributed by atoms with Gasteiger partial charge in [-0.3, -0.25) is 4.79 Å². The molecule has 0 aromatic heterocycles. The van der Waals surface area contributed by atoms with E-state index in [2.05, 4.69) is 36.5 Å². The van der Waals surface area contributed by atoms with Crippen LogP contribution in [0.25, 0.3) is 0 Å².